The third-order valence-corrected chi connectivity index (χ3v) is 4.40. The Morgan fingerprint density at radius 3 is 2.84 bits per heavy atom. The molecule has 19 heavy (non-hydrogen) atoms. The maximum Gasteiger partial charge on any atom is 0.141 e. The molecule has 0 atom stereocenters. The minimum atomic E-state index is 0.675. The van der Waals surface area contributed by atoms with Crippen molar-refractivity contribution in [3.63, 3.8) is 0 Å². The number of halogens is 2. The van der Waals surface area contributed by atoms with Crippen LogP contribution in [0.25, 0.3) is 5.03 Å². The number of hydrogen-bond acceptors (Lipinski definition) is 4. The number of aromatic nitrogens is 3. The van der Waals surface area contributed by atoms with Crippen molar-refractivity contribution in [3.8, 4) is 0 Å². The minimum Gasteiger partial charge on any atom is -0.208 e. The Labute approximate surface area is 124 Å². The Bertz CT molecular complexity index is 664. The Kier molecular flexibility index (Phi) is 3.59. The van der Waals surface area contributed by atoms with Crippen LogP contribution in [0, 0.1) is 0 Å². The molecule has 3 rings (SSSR count). The van der Waals surface area contributed by atoms with Gasteiger partial charge in [-0.15, -0.1) is 22.0 Å². The SMILES string of the molecule is ClC1=C(/C=N/n2cnnc2)CSc2ccc(Cl)cc21. The normalized spacial score (nSPS) is 15.1. The topological polar surface area (TPSA) is 43.1 Å². The summed E-state index contributed by atoms with van der Waals surface area (Å²) in [4.78, 5) is 1.14. The molecule has 1 aromatic heterocycles. The van der Waals surface area contributed by atoms with Crippen LogP contribution < -0.4 is 0 Å². The number of rotatable bonds is 2. The third-order valence-electron chi connectivity index (χ3n) is 2.60. The summed E-state index contributed by atoms with van der Waals surface area (Å²) in [6.45, 7) is 0. The van der Waals surface area contributed by atoms with Crippen molar-refractivity contribution < 1.29 is 0 Å². The molecule has 0 spiro atoms. The van der Waals surface area contributed by atoms with E-state index in [1.807, 2.05) is 18.2 Å². The van der Waals surface area contributed by atoms with E-state index in [9.17, 15) is 0 Å². The molecule has 0 unspecified atom stereocenters. The number of thioether (sulfide) groups is 1. The first-order valence-corrected chi connectivity index (χ1v) is 7.18. The zero-order chi connectivity index (χ0) is 13.2. The van der Waals surface area contributed by atoms with Crippen molar-refractivity contribution >= 4 is 46.2 Å². The molecule has 0 aliphatic carbocycles. The lowest BCUT2D eigenvalue weighted by atomic mass is 10.1. The Morgan fingerprint density at radius 1 is 1.26 bits per heavy atom. The van der Waals surface area contributed by atoms with Gasteiger partial charge >= 0.3 is 0 Å². The predicted octanol–water partition coefficient (Wildman–Crippen LogP) is 3.52. The van der Waals surface area contributed by atoms with Gasteiger partial charge in [-0.3, -0.25) is 0 Å². The monoisotopic (exact) mass is 310 g/mol. The maximum absolute atomic E-state index is 6.40. The van der Waals surface area contributed by atoms with E-state index < -0.39 is 0 Å². The molecule has 0 fully saturated rings. The second-order valence-electron chi connectivity index (χ2n) is 3.85. The second kappa shape index (κ2) is 5.36. The van der Waals surface area contributed by atoms with E-state index in [1.165, 1.54) is 17.3 Å². The van der Waals surface area contributed by atoms with E-state index >= 15 is 0 Å². The highest BCUT2D eigenvalue weighted by Crippen LogP contribution is 2.39. The maximum atomic E-state index is 6.40. The van der Waals surface area contributed by atoms with E-state index in [0.29, 0.717) is 10.1 Å². The summed E-state index contributed by atoms with van der Waals surface area (Å²) in [6.07, 6.45) is 4.76. The smallest absolute Gasteiger partial charge is 0.141 e. The van der Waals surface area contributed by atoms with Crippen LogP contribution in [0.2, 0.25) is 5.02 Å². The first kappa shape index (κ1) is 12.7. The van der Waals surface area contributed by atoms with E-state index in [4.69, 9.17) is 23.2 Å². The van der Waals surface area contributed by atoms with E-state index in [-0.39, 0.29) is 0 Å². The molecule has 2 heterocycles. The summed E-state index contributed by atoms with van der Waals surface area (Å²) in [6, 6.07) is 5.73. The molecular weight excluding hydrogens is 303 g/mol. The summed E-state index contributed by atoms with van der Waals surface area (Å²) >= 11 is 14.1. The first-order valence-electron chi connectivity index (χ1n) is 5.44. The van der Waals surface area contributed by atoms with Gasteiger partial charge in [-0.25, -0.2) is 4.68 Å². The number of fused-ring (bicyclic) bond motifs is 1. The minimum absolute atomic E-state index is 0.675. The van der Waals surface area contributed by atoms with Crippen LogP contribution in [0.5, 0.6) is 0 Å². The highest BCUT2D eigenvalue weighted by Gasteiger charge is 2.17. The van der Waals surface area contributed by atoms with Crippen LogP contribution in [0.3, 0.4) is 0 Å². The van der Waals surface area contributed by atoms with Crippen molar-refractivity contribution in [2.45, 2.75) is 4.90 Å². The molecular formula is C12H8Cl2N4S. The Balaban J connectivity index is 1.96. The van der Waals surface area contributed by atoms with Gasteiger partial charge in [-0.05, 0) is 18.2 Å². The molecule has 0 amide bonds. The van der Waals surface area contributed by atoms with Crippen LogP contribution in [0.4, 0.5) is 0 Å². The molecule has 1 aromatic carbocycles. The first-order chi connectivity index (χ1) is 9.24. The summed E-state index contributed by atoms with van der Waals surface area (Å²) < 4.78 is 1.52. The molecule has 1 aliphatic rings. The fourth-order valence-corrected chi connectivity index (χ4v) is 3.27. The predicted molar refractivity (Wildman–Crippen MR) is 78.9 cm³/mol. The second-order valence-corrected chi connectivity index (χ2v) is 5.69. The lowest BCUT2D eigenvalue weighted by Crippen LogP contribution is -2.01. The summed E-state index contributed by atoms with van der Waals surface area (Å²) in [7, 11) is 0. The van der Waals surface area contributed by atoms with Crippen LogP contribution in [-0.4, -0.2) is 26.8 Å². The Morgan fingerprint density at radius 2 is 2.05 bits per heavy atom. The third kappa shape index (κ3) is 2.68. The van der Waals surface area contributed by atoms with Gasteiger partial charge in [0.05, 0.1) is 11.2 Å². The fourth-order valence-electron chi connectivity index (χ4n) is 1.68. The standard InChI is InChI=1S/C12H8Cl2N4S/c13-9-1-2-11-10(3-9)12(14)8(5-19-11)4-17-18-6-15-16-7-18/h1-4,6-7H,5H2/b17-4+. The molecule has 0 saturated heterocycles. The molecule has 0 saturated carbocycles. The van der Waals surface area contributed by atoms with Crippen molar-refractivity contribution in [1.82, 2.24) is 14.9 Å². The number of nitrogens with zero attached hydrogens (tertiary/aromatic N) is 4. The molecule has 4 nitrogen and oxygen atoms in total. The molecule has 96 valence electrons. The summed E-state index contributed by atoms with van der Waals surface area (Å²) in [5.74, 6) is 0.777. The molecule has 1 aliphatic heterocycles. The van der Waals surface area contributed by atoms with Gasteiger partial charge in [0, 0.05) is 26.8 Å². The fraction of sp³-hybridized carbons (Fsp3) is 0.0833. The lowest BCUT2D eigenvalue weighted by molar-refractivity contribution is 0.878. The largest absolute Gasteiger partial charge is 0.208 e. The Hall–Kier alpha value is -1.30. The van der Waals surface area contributed by atoms with Crippen LogP contribution in [0.15, 0.2) is 46.4 Å². The zero-order valence-electron chi connectivity index (χ0n) is 9.62. The van der Waals surface area contributed by atoms with Crippen molar-refractivity contribution in [1.29, 1.82) is 0 Å². The van der Waals surface area contributed by atoms with E-state index in [1.54, 1.807) is 18.0 Å². The summed E-state index contributed by atoms with van der Waals surface area (Å²) in [5, 5.41) is 12.9. The average Bonchev–Trinajstić information content (AvgIpc) is 2.92. The lowest BCUT2D eigenvalue weighted by Gasteiger charge is -2.17. The average molecular weight is 311 g/mol. The van der Waals surface area contributed by atoms with Gasteiger partial charge in [0.15, 0.2) is 0 Å². The van der Waals surface area contributed by atoms with Gasteiger partial charge in [-0.2, -0.15) is 5.10 Å². The number of hydrogen-bond donors (Lipinski definition) is 0. The van der Waals surface area contributed by atoms with E-state index in [0.717, 1.165) is 21.8 Å². The van der Waals surface area contributed by atoms with Crippen molar-refractivity contribution in [2.75, 3.05) is 5.75 Å². The van der Waals surface area contributed by atoms with Crippen LogP contribution >= 0.6 is 35.0 Å². The van der Waals surface area contributed by atoms with E-state index in [2.05, 4.69) is 15.3 Å². The van der Waals surface area contributed by atoms with Gasteiger partial charge in [0.25, 0.3) is 0 Å². The molecule has 0 N–H and O–H groups in total. The molecule has 0 radical (unpaired) electrons. The molecule has 0 bridgehead atoms. The highest BCUT2D eigenvalue weighted by molar-refractivity contribution is 7.99. The highest BCUT2D eigenvalue weighted by atomic mass is 35.5. The van der Waals surface area contributed by atoms with Crippen LogP contribution in [0.1, 0.15) is 5.56 Å². The zero-order valence-corrected chi connectivity index (χ0v) is 12.0. The van der Waals surface area contributed by atoms with Gasteiger partial charge in [0.2, 0.25) is 0 Å². The van der Waals surface area contributed by atoms with Gasteiger partial charge < -0.3 is 0 Å². The van der Waals surface area contributed by atoms with Crippen LogP contribution in [-0.2, 0) is 0 Å². The number of benzene rings is 1. The summed E-state index contributed by atoms with van der Waals surface area (Å²) in [5.41, 5.74) is 1.91. The van der Waals surface area contributed by atoms with Gasteiger partial charge in [0.1, 0.15) is 12.7 Å². The van der Waals surface area contributed by atoms with Crippen molar-refractivity contribution in [2.24, 2.45) is 5.10 Å². The molecule has 7 heteroatoms. The van der Waals surface area contributed by atoms with Gasteiger partial charge in [-0.1, -0.05) is 23.2 Å². The van der Waals surface area contributed by atoms with Crippen molar-refractivity contribution in [3.05, 3.63) is 47.0 Å². The quantitative estimate of drug-likeness (QED) is 0.797. The molecule has 2 aromatic rings.